The Labute approximate surface area is 329 Å². The van der Waals surface area contributed by atoms with Crippen LogP contribution in [0.5, 0.6) is 0 Å². The molecule has 0 aliphatic heterocycles. The Morgan fingerprint density at radius 1 is 0.246 bits per heavy atom. The summed E-state index contributed by atoms with van der Waals surface area (Å²) in [7, 11) is 0. The zero-order chi connectivity index (χ0) is 37.5. The van der Waals surface area contributed by atoms with Crippen LogP contribution in [0.1, 0.15) is 0 Å². The first kappa shape index (κ1) is 31.7. The van der Waals surface area contributed by atoms with Crippen LogP contribution in [0.25, 0.3) is 105 Å². The highest BCUT2D eigenvalue weighted by Crippen LogP contribution is 2.45. The van der Waals surface area contributed by atoms with Gasteiger partial charge in [-0.2, -0.15) is 0 Å². The molecule has 3 aromatic heterocycles. The summed E-state index contributed by atoms with van der Waals surface area (Å²) in [5.41, 5.74) is 15.5. The molecule has 0 saturated carbocycles. The summed E-state index contributed by atoms with van der Waals surface area (Å²) in [5.74, 6) is 0. The summed E-state index contributed by atoms with van der Waals surface area (Å²) in [4.78, 5) is 0. The van der Waals surface area contributed by atoms with Gasteiger partial charge in [0, 0.05) is 49.3 Å². The first-order valence-corrected chi connectivity index (χ1v) is 19.6. The van der Waals surface area contributed by atoms with Gasteiger partial charge < -0.3 is 13.7 Å². The predicted octanol–water partition coefficient (Wildman–Crippen LogP) is 14.3. The molecule has 3 nitrogen and oxygen atoms in total. The summed E-state index contributed by atoms with van der Waals surface area (Å²) in [5, 5.41) is 7.54. The Kier molecular flexibility index (Phi) is 6.93. The molecule has 0 fully saturated rings. The minimum atomic E-state index is 1.15. The second-order valence-corrected chi connectivity index (χ2v) is 14.9. The molecule has 0 unspecified atom stereocenters. The SMILES string of the molecule is c1ccc(-c2cccc(-n3c4ccccc4c4c5c6ccccc6n(-c6ccccc6-c6cccc7c6c6ccccc6n7-c6ccccc6)c5ccc43)c2)cc1. The fourth-order valence-electron chi connectivity index (χ4n) is 9.51. The van der Waals surface area contributed by atoms with Crippen LogP contribution in [-0.4, -0.2) is 13.7 Å². The maximum absolute atomic E-state index is 2.50. The highest BCUT2D eigenvalue weighted by Gasteiger charge is 2.23. The molecule has 12 aromatic rings. The van der Waals surface area contributed by atoms with Gasteiger partial charge in [-0.1, -0.05) is 146 Å². The van der Waals surface area contributed by atoms with Crippen molar-refractivity contribution in [1.82, 2.24) is 13.7 Å². The number of fused-ring (bicyclic) bond motifs is 10. The normalized spacial score (nSPS) is 11.9. The third kappa shape index (κ3) is 4.66. The monoisotopic (exact) mass is 725 g/mol. The van der Waals surface area contributed by atoms with E-state index < -0.39 is 0 Å². The van der Waals surface area contributed by atoms with Gasteiger partial charge in [-0.25, -0.2) is 0 Å². The number of hydrogen-bond donors (Lipinski definition) is 0. The van der Waals surface area contributed by atoms with Gasteiger partial charge in [0.25, 0.3) is 0 Å². The Bertz CT molecular complexity index is 3510. The molecule has 0 spiro atoms. The summed E-state index contributed by atoms with van der Waals surface area (Å²) >= 11 is 0. The maximum Gasteiger partial charge on any atom is 0.0549 e. The Morgan fingerprint density at radius 3 is 1.39 bits per heavy atom. The van der Waals surface area contributed by atoms with Crippen LogP contribution in [0.3, 0.4) is 0 Å². The van der Waals surface area contributed by atoms with E-state index in [1.807, 2.05) is 0 Å². The second kappa shape index (κ2) is 12.5. The number of nitrogens with zero attached hydrogens (tertiary/aromatic N) is 3. The van der Waals surface area contributed by atoms with Gasteiger partial charge in [-0.3, -0.25) is 0 Å². The lowest BCUT2D eigenvalue weighted by atomic mass is 9.97. The fraction of sp³-hybridized carbons (Fsp3) is 0. The molecule has 0 aliphatic rings. The van der Waals surface area contributed by atoms with Gasteiger partial charge >= 0.3 is 0 Å². The van der Waals surface area contributed by atoms with Crippen molar-refractivity contribution in [3.63, 3.8) is 0 Å². The van der Waals surface area contributed by atoms with Crippen molar-refractivity contribution in [1.29, 1.82) is 0 Å². The molecule has 0 saturated heterocycles. The largest absolute Gasteiger partial charge is 0.309 e. The molecule has 9 aromatic carbocycles. The van der Waals surface area contributed by atoms with E-state index in [1.165, 1.54) is 87.7 Å². The fourth-order valence-corrected chi connectivity index (χ4v) is 9.51. The van der Waals surface area contributed by atoms with Crippen molar-refractivity contribution in [2.45, 2.75) is 0 Å². The number of benzene rings is 9. The molecule has 0 N–H and O–H groups in total. The van der Waals surface area contributed by atoms with Crippen LogP contribution in [0.4, 0.5) is 0 Å². The van der Waals surface area contributed by atoms with E-state index in [2.05, 4.69) is 226 Å². The predicted molar refractivity (Wildman–Crippen MR) is 240 cm³/mol. The lowest BCUT2D eigenvalue weighted by molar-refractivity contribution is 1.17. The van der Waals surface area contributed by atoms with Crippen LogP contribution < -0.4 is 0 Å². The van der Waals surface area contributed by atoms with Gasteiger partial charge in [0.1, 0.15) is 0 Å². The molecule has 266 valence electrons. The zero-order valence-corrected chi connectivity index (χ0v) is 31.0. The average Bonchev–Trinajstić information content (AvgIpc) is 3.93. The summed E-state index contributed by atoms with van der Waals surface area (Å²) in [6.07, 6.45) is 0. The topological polar surface area (TPSA) is 14.8 Å². The minimum absolute atomic E-state index is 1.15. The van der Waals surface area contributed by atoms with Crippen molar-refractivity contribution in [3.05, 3.63) is 212 Å². The number of rotatable bonds is 5. The third-order valence-corrected chi connectivity index (χ3v) is 11.8. The highest BCUT2D eigenvalue weighted by atomic mass is 15.0. The lowest BCUT2D eigenvalue weighted by Gasteiger charge is -2.15. The van der Waals surface area contributed by atoms with E-state index in [-0.39, 0.29) is 0 Å². The summed E-state index contributed by atoms with van der Waals surface area (Å²) in [6, 6.07) is 77.3. The quantitative estimate of drug-likeness (QED) is 0.168. The van der Waals surface area contributed by atoms with Crippen molar-refractivity contribution in [2.24, 2.45) is 0 Å². The third-order valence-electron chi connectivity index (χ3n) is 11.8. The smallest absolute Gasteiger partial charge is 0.0549 e. The van der Waals surface area contributed by atoms with Crippen LogP contribution >= 0.6 is 0 Å². The van der Waals surface area contributed by atoms with Gasteiger partial charge in [-0.05, 0) is 83.4 Å². The van der Waals surface area contributed by atoms with Gasteiger partial charge in [0.2, 0.25) is 0 Å². The summed E-state index contributed by atoms with van der Waals surface area (Å²) < 4.78 is 7.34. The molecular weight excluding hydrogens is 691 g/mol. The standard InChI is InChI=1S/C54H35N3/c1-3-17-36(18-4-1)37-19-15-22-39(35-37)56-47-30-13-9-25-43(47)53-50(56)33-34-51-54(53)44-26-10-14-31-48(44)57(51)45-28-11-7-23-40(45)41-27-16-32-49-52(41)42-24-8-12-29-46(42)55(49)38-20-5-2-6-21-38/h1-35H. The molecule has 0 atom stereocenters. The van der Waals surface area contributed by atoms with Crippen LogP contribution in [0.2, 0.25) is 0 Å². The Balaban J connectivity index is 1.15. The lowest BCUT2D eigenvalue weighted by Crippen LogP contribution is -1.98. The van der Waals surface area contributed by atoms with Crippen molar-refractivity contribution in [3.8, 4) is 39.3 Å². The maximum atomic E-state index is 2.50. The zero-order valence-electron chi connectivity index (χ0n) is 31.0. The van der Waals surface area contributed by atoms with E-state index in [4.69, 9.17) is 0 Å². The molecule has 12 rings (SSSR count). The first-order valence-electron chi connectivity index (χ1n) is 19.6. The molecule has 0 radical (unpaired) electrons. The molecule has 3 heteroatoms. The first-order chi connectivity index (χ1) is 28.3. The highest BCUT2D eigenvalue weighted by molar-refractivity contribution is 6.29. The summed E-state index contributed by atoms with van der Waals surface area (Å²) in [6.45, 7) is 0. The van der Waals surface area contributed by atoms with E-state index >= 15 is 0 Å². The van der Waals surface area contributed by atoms with Gasteiger partial charge in [0.05, 0.1) is 38.8 Å². The minimum Gasteiger partial charge on any atom is -0.309 e. The Hall–Kier alpha value is -7.62. The van der Waals surface area contributed by atoms with E-state index in [0.29, 0.717) is 0 Å². The average molecular weight is 726 g/mol. The second-order valence-electron chi connectivity index (χ2n) is 14.9. The molecule has 0 bridgehead atoms. The molecule has 0 aliphatic carbocycles. The van der Waals surface area contributed by atoms with E-state index in [9.17, 15) is 0 Å². The number of para-hydroxylation sites is 5. The number of hydrogen-bond acceptors (Lipinski definition) is 0. The van der Waals surface area contributed by atoms with Crippen molar-refractivity contribution >= 4 is 65.4 Å². The molecule has 3 heterocycles. The van der Waals surface area contributed by atoms with Crippen LogP contribution in [0, 0.1) is 0 Å². The van der Waals surface area contributed by atoms with E-state index in [0.717, 1.165) is 17.1 Å². The van der Waals surface area contributed by atoms with Crippen molar-refractivity contribution < 1.29 is 0 Å². The van der Waals surface area contributed by atoms with Crippen LogP contribution in [-0.2, 0) is 0 Å². The van der Waals surface area contributed by atoms with Gasteiger partial charge in [-0.15, -0.1) is 0 Å². The Morgan fingerprint density at radius 2 is 0.684 bits per heavy atom. The number of aromatic nitrogens is 3. The van der Waals surface area contributed by atoms with Crippen LogP contribution in [0.15, 0.2) is 212 Å². The van der Waals surface area contributed by atoms with Gasteiger partial charge in [0.15, 0.2) is 0 Å². The molecule has 0 amide bonds. The molecule has 57 heavy (non-hydrogen) atoms. The van der Waals surface area contributed by atoms with E-state index in [1.54, 1.807) is 0 Å². The van der Waals surface area contributed by atoms with Crippen molar-refractivity contribution in [2.75, 3.05) is 0 Å². The molecular formula is C54H35N3.